The van der Waals surface area contributed by atoms with Gasteiger partial charge < -0.3 is 10.3 Å². The molecule has 1 aliphatic rings. The van der Waals surface area contributed by atoms with Crippen LogP contribution in [-0.2, 0) is 23.1 Å². The van der Waals surface area contributed by atoms with Crippen LogP contribution < -0.4 is 11.3 Å². The van der Waals surface area contributed by atoms with Crippen molar-refractivity contribution in [1.82, 2.24) is 19.1 Å². The van der Waals surface area contributed by atoms with Gasteiger partial charge in [-0.2, -0.15) is 13.2 Å². The number of nitrogens with zero attached hydrogens (tertiary/aromatic N) is 4. The summed E-state index contributed by atoms with van der Waals surface area (Å²) in [4.78, 5) is 21.1. The summed E-state index contributed by atoms with van der Waals surface area (Å²) in [5, 5.41) is 0. The summed E-state index contributed by atoms with van der Waals surface area (Å²) < 4.78 is 67.8. The monoisotopic (exact) mass is 441 g/mol. The number of pyridine rings is 2. The molecule has 2 N–H and O–H groups in total. The normalized spacial score (nSPS) is 15.1. The first kappa shape index (κ1) is 20.4. The van der Waals surface area contributed by atoms with Crippen molar-refractivity contribution in [1.29, 1.82) is 0 Å². The molecule has 160 valence electrons. The summed E-state index contributed by atoms with van der Waals surface area (Å²) >= 11 is 0. The fourth-order valence-corrected chi connectivity index (χ4v) is 4.47. The van der Waals surface area contributed by atoms with Crippen molar-refractivity contribution in [3.05, 3.63) is 34.2 Å². The maximum Gasteiger partial charge on any atom is 0.431 e. The number of anilines is 1. The number of fused-ring (bicyclic) bond motifs is 1. The topological polar surface area (TPSA) is 113 Å². The molecule has 0 saturated heterocycles. The van der Waals surface area contributed by atoms with Gasteiger partial charge in [-0.15, -0.1) is 0 Å². The van der Waals surface area contributed by atoms with E-state index >= 15 is 0 Å². The van der Waals surface area contributed by atoms with Crippen LogP contribution in [0.3, 0.4) is 0 Å². The van der Waals surface area contributed by atoms with Crippen LogP contribution in [0.5, 0.6) is 0 Å². The van der Waals surface area contributed by atoms with Crippen molar-refractivity contribution < 1.29 is 21.6 Å². The molecule has 3 aromatic rings. The Hall–Kier alpha value is -2.89. The fraction of sp³-hybridized carbons (Fsp3) is 0.389. The molecule has 3 aromatic heterocycles. The third-order valence-electron chi connectivity index (χ3n) is 5.09. The molecule has 3 heterocycles. The SMILES string of the molecule is CCS(=O)(=O)c1ccc(N)nc1-c1nc2cc(C(F)(F)F)n(C3CC3)c(=O)c2n1C. The molecule has 12 heteroatoms. The number of rotatable bonds is 4. The summed E-state index contributed by atoms with van der Waals surface area (Å²) in [5.41, 5.74) is 3.46. The molecule has 8 nitrogen and oxygen atoms in total. The first-order valence-corrected chi connectivity index (χ1v) is 10.8. The molecular formula is C18H18F3N5O3S. The Balaban J connectivity index is 2.07. The number of hydrogen-bond acceptors (Lipinski definition) is 6. The van der Waals surface area contributed by atoms with Gasteiger partial charge in [-0.1, -0.05) is 6.92 Å². The third kappa shape index (κ3) is 3.15. The van der Waals surface area contributed by atoms with Gasteiger partial charge in [-0.05, 0) is 31.0 Å². The maximum atomic E-state index is 13.6. The first-order valence-electron chi connectivity index (χ1n) is 9.14. The lowest BCUT2D eigenvalue weighted by molar-refractivity contribution is -0.144. The predicted molar refractivity (Wildman–Crippen MR) is 104 cm³/mol. The van der Waals surface area contributed by atoms with E-state index in [1.807, 2.05) is 0 Å². The molecule has 0 spiro atoms. The maximum absolute atomic E-state index is 13.6. The molecule has 0 atom stereocenters. The van der Waals surface area contributed by atoms with Gasteiger partial charge in [0.05, 0.1) is 16.2 Å². The Morgan fingerprint density at radius 2 is 1.90 bits per heavy atom. The zero-order chi connectivity index (χ0) is 22.0. The van der Waals surface area contributed by atoms with Crippen molar-refractivity contribution in [3.63, 3.8) is 0 Å². The summed E-state index contributed by atoms with van der Waals surface area (Å²) in [7, 11) is -2.30. The number of imidazole rings is 1. The lowest BCUT2D eigenvalue weighted by Gasteiger charge is -2.15. The highest BCUT2D eigenvalue weighted by Crippen LogP contribution is 2.40. The van der Waals surface area contributed by atoms with Gasteiger partial charge in [-0.3, -0.25) is 9.36 Å². The van der Waals surface area contributed by atoms with Crippen LogP contribution in [0.4, 0.5) is 19.0 Å². The standard InChI is InChI=1S/C18H18F3N5O3S/c1-3-30(28,29)11-6-7-13(22)24-14(11)16-23-10-8-12(18(19,20)21)26(9-4-5-9)17(27)15(10)25(16)2/h6-9H,3-5H2,1-2H3,(H2,22,24). The molecule has 1 aliphatic carbocycles. The molecule has 0 unspecified atom stereocenters. The molecule has 30 heavy (non-hydrogen) atoms. The fourth-order valence-electron chi connectivity index (χ4n) is 3.45. The van der Waals surface area contributed by atoms with Crippen LogP contribution in [0, 0.1) is 0 Å². The van der Waals surface area contributed by atoms with E-state index in [2.05, 4.69) is 9.97 Å². The zero-order valence-electron chi connectivity index (χ0n) is 16.1. The van der Waals surface area contributed by atoms with Crippen molar-refractivity contribution >= 4 is 26.7 Å². The van der Waals surface area contributed by atoms with Gasteiger partial charge >= 0.3 is 6.18 Å². The minimum Gasteiger partial charge on any atom is -0.384 e. The summed E-state index contributed by atoms with van der Waals surface area (Å²) in [6.45, 7) is 1.45. The van der Waals surface area contributed by atoms with E-state index in [1.54, 1.807) is 0 Å². The Labute approximate surface area is 169 Å². The van der Waals surface area contributed by atoms with Crippen LogP contribution in [0.25, 0.3) is 22.6 Å². The van der Waals surface area contributed by atoms with E-state index < -0.39 is 33.3 Å². The van der Waals surface area contributed by atoms with Crippen LogP contribution in [0.1, 0.15) is 31.5 Å². The summed E-state index contributed by atoms with van der Waals surface area (Å²) in [6, 6.07) is 2.90. The molecule has 0 bridgehead atoms. The highest BCUT2D eigenvalue weighted by atomic mass is 32.2. The Bertz CT molecular complexity index is 1340. The van der Waals surface area contributed by atoms with Crippen LogP contribution in [0.15, 0.2) is 27.9 Å². The van der Waals surface area contributed by atoms with Gasteiger partial charge in [0.25, 0.3) is 5.56 Å². The van der Waals surface area contributed by atoms with E-state index in [-0.39, 0.29) is 39.0 Å². The van der Waals surface area contributed by atoms with Crippen LogP contribution >= 0.6 is 0 Å². The van der Waals surface area contributed by atoms with Gasteiger partial charge in [0, 0.05) is 13.1 Å². The van der Waals surface area contributed by atoms with E-state index in [1.165, 1.54) is 30.7 Å². The molecule has 0 amide bonds. The molecule has 1 saturated carbocycles. The minimum atomic E-state index is -4.74. The second-order valence-electron chi connectivity index (χ2n) is 7.15. The lowest BCUT2D eigenvalue weighted by atomic mass is 10.2. The van der Waals surface area contributed by atoms with E-state index in [0.29, 0.717) is 12.8 Å². The molecule has 4 rings (SSSR count). The molecule has 0 radical (unpaired) electrons. The van der Waals surface area contributed by atoms with Crippen molar-refractivity contribution in [2.45, 2.75) is 36.9 Å². The second kappa shape index (κ2) is 6.56. The van der Waals surface area contributed by atoms with Crippen LogP contribution in [0.2, 0.25) is 0 Å². The zero-order valence-corrected chi connectivity index (χ0v) is 16.9. The first-order chi connectivity index (χ1) is 14.0. The molecule has 1 fully saturated rings. The number of nitrogens with two attached hydrogens (primary N) is 1. The van der Waals surface area contributed by atoms with Crippen molar-refractivity contribution in [2.24, 2.45) is 7.05 Å². The summed E-state index contributed by atoms with van der Waals surface area (Å²) in [6.07, 6.45) is -3.77. The minimum absolute atomic E-state index is 0.0125. The van der Waals surface area contributed by atoms with Crippen LogP contribution in [-0.4, -0.2) is 33.3 Å². The number of sulfone groups is 1. The van der Waals surface area contributed by atoms with Gasteiger partial charge in [0.1, 0.15) is 22.7 Å². The third-order valence-corrected chi connectivity index (χ3v) is 6.85. The van der Waals surface area contributed by atoms with Crippen molar-refractivity contribution in [3.8, 4) is 11.5 Å². The molecular weight excluding hydrogens is 423 g/mol. The Morgan fingerprint density at radius 1 is 1.23 bits per heavy atom. The smallest absolute Gasteiger partial charge is 0.384 e. The molecule has 0 aliphatic heterocycles. The quantitative estimate of drug-likeness (QED) is 0.666. The number of hydrogen-bond donors (Lipinski definition) is 1. The number of aromatic nitrogens is 4. The lowest BCUT2D eigenvalue weighted by Crippen LogP contribution is -2.28. The molecule has 0 aromatic carbocycles. The predicted octanol–water partition coefficient (Wildman–Crippen LogP) is 2.53. The number of halogens is 3. The average Bonchev–Trinajstić information content (AvgIpc) is 3.43. The van der Waals surface area contributed by atoms with Gasteiger partial charge in [0.15, 0.2) is 15.7 Å². The Kier molecular flexibility index (Phi) is 4.46. The van der Waals surface area contributed by atoms with E-state index in [4.69, 9.17) is 5.73 Å². The Morgan fingerprint density at radius 3 is 2.47 bits per heavy atom. The number of nitrogen functional groups attached to an aromatic ring is 1. The summed E-state index contributed by atoms with van der Waals surface area (Å²) in [5.74, 6) is -0.260. The number of aryl methyl sites for hydroxylation is 1. The van der Waals surface area contributed by atoms with Gasteiger partial charge in [0.2, 0.25) is 0 Å². The second-order valence-corrected chi connectivity index (χ2v) is 9.39. The highest BCUT2D eigenvalue weighted by molar-refractivity contribution is 7.91. The van der Waals surface area contributed by atoms with Crippen molar-refractivity contribution in [2.75, 3.05) is 11.5 Å². The largest absolute Gasteiger partial charge is 0.431 e. The van der Waals surface area contributed by atoms with E-state index in [9.17, 15) is 26.4 Å². The van der Waals surface area contributed by atoms with Gasteiger partial charge in [-0.25, -0.2) is 18.4 Å². The average molecular weight is 441 g/mol. The van der Waals surface area contributed by atoms with E-state index in [0.717, 1.165) is 10.6 Å². The highest BCUT2D eigenvalue weighted by Gasteiger charge is 2.40. The number of alkyl halides is 3.